The Labute approximate surface area is 117 Å². The van der Waals surface area contributed by atoms with E-state index in [1.54, 1.807) is 24.3 Å². The van der Waals surface area contributed by atoms with Crippen molar-refractivity contribution in [2.45, 2.75) is 13.5 Å². The number of carbonyl (C=O) groups excluding carboxylic acids is 2. The number of hydrogen-bond donors (Lipinski definition) is 1. The summed E-state index contributed by atoms with van der Waals surface area (Å²) in [7, 11) is 0. The fourth-order valence-electron chi connectivity index (χ4n) is 1.91. The van der Waals surface area contributed by atoms with E-state index in [0.717, 1.165) is 11.1 Å². The van der Waals surface area contributed by atoms with E-state index < -0.39 is 0 Å². The monoisotopic (exact) mass is 266 g/mol. The van der Waals surface area contributed by atoms with Gasteiger partial charge in [0.05, 0.1) is 11.3 Å². The third kappa shape index (κ3) is 3.40. The van der Waals surface area contributed by atoms with Crippen molar-refractivity contribution in [1.82, 2.24) is 5.32 Å². The van der Waals surface area contributed by atoms with Crippen LogP contribution in [0.3, 0.4) is 0 Å². The highest BCUT2D eigenvalue weighted by atomic mass is 16.1. The lowest BCUT2D eigenvalue weighted by Crippen LogP contribution is -2.22. The average molecular weight is 266 g/mol. The van der Waals surface area contributed by atoms with Crippen LogP contribution in [0.5, 0.6) is 0 Å². The van der Waals surface area contributed by atoms with Crippen LogP contribution >= 0.6 is 0 Å². The maximum absolute atomic E-state index is 12.1. The second-order valence-electron chi connectivity index (χ2n) is 4.39. The van der Waals surface area contributed by atoms with E-state index in [0.29, 0.717) is 17.8 Å². The molecule has 0 aliphatic heterocycles. The van der Waals surface area contributed by atoms with Crippen LogP contribution in [0.15, 0.2) is 53.5 Å². The number of carbonyl (C=O) groups is 1. The normalized spacial score (nSPS) is 9.65. The van der Waals surface area contributed by atoms with E-state index in [2.05, 4.69) is 10.3 Å². The Morgan fingerprint density at radius 3 is 2.75 bits per heavy atom. The summed E-state index contributed by atoms with van der Waals surface area (Å²) >= 11 is 0. The zero-order valence-corrected chi connectivity index (χ0v) is 11.1. The summed E-state index contributed by atoms with van der Waals surface area (Å²) < 4.78 is 0. The van der Waals surface area contributed by atoms with Gasteiger partial charge in [-0.25, -0.2) is 4.79 Å². The molecule has 0 aromatic heterocycles. The van der Waals surface area contributed by atoms with Gasteiger partial charge in [-0.1, -0.05) is 42.0 Å². The van der Waals surface area contributed by atoms with Crippen molar-refractivity contribution in [2.75, 3.05) is 0 Å². The van der Waals surface area contributed by atoms with Crippen molar-refractivity contribution in [3.63, 3.8) is 0 Å². The smallest absolute Gasteiger partial charge is 0.253 e. The Morgan fingerprint density at radius 1 is 1.20 bits per heavy atom. The Balaban J connectivity index is 2.11. The molecule has 0 spiro atoms. The lowest BCUT2D eigenvalue weighted by Gasteiger charge is -2.07. The van der Waals surface area contributed by atoms with Gasteiger partial charge >= 0.3 is 0 Å². The molecule has 0 aliphatic rings. The molecule has 0 unspecified atom stereocenters. The molecule has 0 heterocycles. The van der Waals surface area contributed by atoms with Gasteiger partial charge in [0.1, 0.15) is 0 Å². The Morgan fingerprint density at radius 2 is 2.00 bits per heavy atom. The van der Waals surface area contributed by atoms with Crippen LogP contribution < -0.4 is 5.32 Å². The third-order valence-corrected chi connectivity index (χ3v) is 2.85. The van der Waals surface area contributed by atoms with Gasteiger partial charge in [-0.15, -0.1) is 0 Å². The van der Waals surface area contributed by atoms with Crippen molar-refractivity contribution < 1.29 is 9.59 Å². The number of aryl methyl sites for hydroxylation is 1. The number of benzene rings is 2. The summed E-state index contributed by atoms with van der Waals surface area (Å²) in [6.45, 7) is 2.43. The Kier molecular flexibility index (Phi) is 4.43. The van der Waals surface area contributed by atoms with E-state index in [4.69, 9.17) is 0 Å². The fourth-order valence-corrected chi connectivity index (χ4v) is 1.91. The van der Waals surface area contributed by atoms with E-state index >= 15 is 0 Å². The highest BCUT2D eigenvalue weighted by Crippen LogP contribution is 2.17. The topological polar surface area (TPSA) is 58.5 Å². The summed E-state index contributed by atoms with van der Waals surface area (Å²) in [6.07, 6.45) is 1.46. The minimum Gasteiger partial charge on any atom is -0.348 e. The molecule has 1 amide bonds. The molecular weight excluding hydrogens is 252 g/mol. The van der Waals surface area contributed by atoms with Gasteiger partial charge in [-0.2, -0.15) is 4.99 Å². The quantitative estimate of drug-likeness (QED) is 0.683. The van der Waals surface area contributed by atoms with Crippen LogP contribution in [0.2, 0.25) is 0 Å². The fraction of sp³-hybridized carbons (Fsp3) is 0.125. The second kappa shape index (κ2) is 6.45. The van der Waals surface area contributed by atoms with E-state index in [9.17, 15) is 9.59 Å². The van der Waals surface area contributed by atoms with Gasteiger partial charge < -0.3 is 5.32 Å². The Hall–Kier alpha value is -2.71. The van der Waals surface area contributed by atoms with Crippen molar-refractivity contribution in [3.8, 4) is 0 Å². The first kappa shape index (κ1) is 13.7. The molecule has 4 heteroatoms. The van der Waals surface area contributed by atoms with Crippen molar-refractivity contribution in [2.24, 2.45) is 4.99 Å². The largest absolute Gasteiger partial charge is 0.348 e. The van der Waals surface area contributed by atoms with Crippen molar-refractivity contribution >= 4 is 17.7 Å². The minimum atomic E-state index is -0.263. The predicted molar refractivity (Wildman–Crippen MR) is 76.6 cm³/mol. The number of amides is 1. The maximum atomic E-state index is 12.1. The third-order valence-electron chi connectivity index (χ3n) is 2.85. The lowest BCUT2D eigenvalue weighted by atomic mass is 10.1. The minimum absolute atomic E-state index is 0.263. The molecule has 0 atom stereocenters. The van der Waals surface area contributed by atoms with Gasteiger partial charge in [0, 0.05) is 6.54 Å². The predicted octanol–water partition coefficient (Wildman–Crippen LogP) is 2.89. The summed E-state index contributed by atoms with van der Waals surface area (Å²) in [5.41, 5.74) is 2.85. The van der Waals surface area contributed by atoms with Crippen molar-refractivity contribution in [1.29, 1.82) is 0 Å². The van der Waals surface area contributed by atoms with Crippen LogP contribution in [0.4, 0.5) is 5.69 Å². The van der Waals surface area contributed by atoms with Crippen LogP contribution in [-0.2, 0) is 11.3 Å². The number of aliphatic imine (C=N–C) groups is 1. The number of nitrogens with zero attached hydrogens (tertiary/aromatic N) is 1. The highest BCUT2D eigenvalue weighted by molar-refractivity contribution is 5.99. The molecule has 20 heavy (non-hydrogen) atoms. The van der Waals surface area contributed by atoms with E-state index in [1.165, 1.54) is 6.08 Å². The summed E-state index contributed by atoms with van der Waals surface area (Å²) in [5, 5.41) is 2.81. The first-order valence-electron chi connectivity index (χ1n) is 6.21. The maximum Gasteiger partial charge on any atom is 0.253 e. The number of rotatable bonds is 4. The number of hydrogen-bond acceptors (Lipinski definition) is 3. The molecule has 4 nitrogen and oxygen atoms in total. The molecule has 0 fully saturated rings. The number of isocyanates is 1. The summed E-state index contributed by atoms with van der Waals surface area (Å²) in [4.78, 5) is 26.0. The SMILES string of the molecule is Cc1cccc(CNC(=O)c2ccccc2N=C=O)c1. The lowest BCUT2D eigenvalue weighted by molar-refractivity contribution is 0.0951. The molecule has 0 saturated heterocycles. The van der Waals surface area contributed by atoms with Gasteiger partial charge in [0.15, 0.2) is 0 Å². The van der Waals surface area contributed by atoms with Crippen LogP contribution in [0.1, 0.15) is 21.5 Å². The molecule has 100 valence electrons. The number of para-hydroxylation sites is 1. The first-order chi connectivity index (χ1) is 9.70. The average Bonchev–Trinajstić information content (AvgIpc) is 2.46. The Bertz CT molecular complexity index is 674. The molecule has 2 aromatic rings. The standard InChI is InChI=1S/C16H14N2O2/c1-12-5-4-6-13(9-12)10-17-16(20)14-7-2-3-8-15(14)18-11-19/h2-9H,10H2,1H3,(H,17,20). The van der Waals surface area contributed by atoms with Gasteiger partial charge in [-0.3, -0.25) is 4.79 Å². The zero-order chi connectivity index (χ0) is 14.4. The van der Waals surface area contributed by atoms with Gasteiger partial charge in [0.2, 0.25) is 6.08 Å². The first-order valence-corrected chi connectivity index (χ1v) is 6.21. The summed E-state index contributed by atoms with van der Waals surface area (Å²) in [5.74, 6) is -0.263. The molecule has 1 N–H and O–H groups in total. The van der Waals surface area contributed by atoms with Crippen LogP contribution in [-0.4, -0.2) is 12.0 Å². The second-order valence-corrected chi connectivity index (χ2v) is 4.39. The molecule has 0 aliphatic carbocycles. The zero-order valence-electron chi connectivity index (χ0n) is 11.1. The van der Waals surface area contributed by atoms with E-state index in [-0.39, 0.29) is 5.91 Å². The molecule has 0 bridgehead atoms. The molecule has 2 aromatic carbocycles. The molecule has 0 saturated carbocycles. The number of nitrogens with one attached hydrogen (secondary N) is 1. The molecule has 0 radical (unpaired) electrons. The summed E-state index contributed by atoms with van der Waals surface area (Å²) in [6, 6.07) is 14.6. The molecular formula is C16H14N2O2. The van der Waals surface area contributed by atoms with Crippen molar-refractivity contribution in [3.05, 3.63) is 65.2 Å². The van der Waals surface area contributed by atoms with Gasteiger partial charge in [-0.05, 0) is 24.6 Å². The van der Waals surface area contributed by atoms with E-state index in [1.807, 2.05) is 31.2 Å². The molecule has 2 rings (SSSR count). The van der Waals surface area contributed by atoms with Crippen LogP contribution in [0.25, 0.3) is 0 Å². The highest BCUT2D eigenvalue weighted by Gasteiger charge is 2.09. The van der Waals surface area contributed by atoms with Crippen LogP contribution in [0, 0.1) is 6.92 Å². The van der Waals surface area contributed by atoms with Gasteiger partial charge in [0.25, 0.3) is 5.91 Å².